The molecule has 0 amide bonds. The van der Waals surface area contributed by atoms with Crippen LogP contribution in [0.1, 0.15) is 54.7 Å². The van der Waals surface area contributed by atoms with Crippen molar-refractivity contribution < 1.29 is 19.1 Å². The van der Waals surface area contributed by atoms with Gasteiger partial charge in [0.05, 0.1) is 28.7 Å². The molecule has 1 heterocycles. The quantitative estimate of drug-likeness (QED) is 0.425. The van der Waals surface area contributed by atoms with E-state index in [4.69, 9.17) is 32.7 Å². The number of halogens is 2. The Balaban J connectivity index is 2.43. The maximum absolute atomic E-state index is 13.4. The van der Waals surface area contributed by atoms with Crippen LogP contribution in [0.15, 0.2) is 30.3 Å². The number of hydrogen-bond acceptors (Lipinski definition) is 4. The van der Waals surface area contributed by atoms with Gasteiger partial charge in [0.15, 0.2) is 5.75 Å². The lowest BCUT2D eigenvalue weighted by Crippen LogP contribution is -2.14. The van der Waals surface area contributed by atoms with Crippen molar-refractivity contribution in [1.29, 1.82) is 0 Å². The summed E-state index contributed by atoms with van der Waals surface area (Å²) >= 11 is 12.5. The van der Waals surface area contributed by atoms with E-state index in [9.17, 15) is 9.59 Å². The second-order valence-corrected chi connectivity index (χ2v) is 8.01. The van der Waals surface area contributed by atoms with E-state index in [2.05, 4.69) is 0 Å². The van der Waals surface area contributed by atoms with E-state index in [0.29, 0.717) is 43.7 Å². The normalized spacial score (nSPS) is 12.1. The number of hydrogen-bond donors (Lipinski definition) is 0. The number of carbonyl (C=O) groups excluding carboxylic acids is 2. The summed E-state index contributed by atoms with van der Waals surface area (Å²) in [5.41, 5.74) is 2.33. The molecule has 0 spiro atoms. The first-order chi connectivity index (χ1) is 14.2. The summed E-state index contributed by atoms with van der Waals surface area (Å²) in [6, 6.07) is 8.30. The minimum Gasteiger partial charge on any atom is -0.495 e. The Morgan fingerprint density at radius 2 is 1.77 bits per heavy atom. The summed E-state index contributed by atoms with van der Waals surface area (Å²) in [6.07, 6.45) is 0.806. The lowest BCUT2D eigenvalue weighted by atomic mass is 9.93. The Morgan fingerprint density at radius 1 is 1.13 bits per heavy atom. The highest BCUT2D eigenvalue weighted by atomic mass is 35.5. The predicted molar refractivity (Wildman–Crippen MR) is 119 cm³/mol. The van der Waals surface area contributed by atoms with Crippen LogP contribution < -0.4 is 9.47 Å². The number of fused-ring (bicyclic) bond motifs is 1. The number of esters is 1. The highest BCUT2D eigenvalue weighted by molar-refractivity contribution is 6.33. The summed E-state index contributed by atoms with van der Waals surface area (Å²) in [4.78, 5) is 25.3. The van der Waals surface area contributed by atoms with E-state index in [1.54, 1.807) is 44.4 Å². The number of methoxy groups -OCH3 is 1. The maximum atomic E-state index is 13.4. The second kappa shape index (κ2) is 8.70. The Bertz CT molecular complexity index is 1130. The van der Waals surface area contributed by atoms with E-state index in [1.165, 1.54) is 11.5 Å². The third-order valence-corrected chi connectivity index (χ3v) is 5.76. The average molecular weight is 448 g/mol. The largest absolute Gasteiger partial charge is 0.495 e. The van der Waals surface area contributed by atoms with E-state index >= 15 is 0 Å². The zero-order chi connectivity index (χ0) is 22.2. The van der Waals surface area contributed by atoms with Gasteiger partial charge >= 0.3 is 5.97 Å². The van der Waals surface area contributed by atoms with E-state index in [-0.39, 0.29) is 11.8 Å². The molecule has 158 valence electrons. The summed E-state index contributed by atoms with van der Waals surface area (Å²) in [7, 11) is 1.55. The molecule has 0 aliphatic rings. The van der Waals surface area contributed by atoms with Gasteiger partial charge in [-0.05, 0) is 49.6 Å². The molecule has 0 aliphatic carbocycles. The van der Waals surface area contributed by atoms with Crippen LogP contribution in [0.3, 0.4) is 0 Å². The zero-order valence-electron chi connectivity index (χ0n) is 17.5. The average Bonchev–Trinajstić information content (AvgIpc) is 2.96. The van der Waals surface area contributed by atoms with Gasteiger partial charge < -0.3 is 9.47 Å². The topological polar surface area (TPSA) is 57.5 Å². The van der Waals surface area contributed by atoms with Gasteiger partial charge in [0.2, 0.25) is 0 Å². The number of carbonyl (C=O) groups is 2. The fourth-order valence-corrected chi connectivity index (χ4v) is 4.06. The third-order valence-electron chi connectivity index (χ3n) is 5.23. The van der Waals surface area contributed by atoms with Crippen LogP contribution in [-0.2, 0) is 4.79 Å². The molecule has 3 aromatic rings. The molecule has 0 N–H and O–H groups in total. The Labute approximate surface area is 185 Å². The van der Waals surface area contributed by atoms with Crippen molar-refractivity contribution in [2.75, 3.05) is 7.11 Å². The number of ether oxygens (including phenoxy) is 2. The lowest BCUT2D eigenvalue weighted by molar-refractivity contribution is -0.131. The Kier molecular flexibility index (Phi) is 6.44. The van der Waals surface area contributed by atoms with Crippen molar-refractivity contribution in [3.8, 4) is 11.5 Å². The molecule has 0 unspecified atom stereocenters. The molecular formula is C23H23Cl2NO4. The summed E-state index contributed by atoms with van der Waals surface area (Å²) in [5, 5.41) is 1.58. The van der Waals surface area contributed by atoms with Crippen LogP contribution >= 0.6 is 23.2 Å². The molecule has 1 atom stereocenters. The van der Waals surface area contributed by atoms with E-state index in [1.807, 2.05) is 13.8 Å². The van der Waals surface area contributed by atoms with E-state index < -0.39 is 5.97 Å². The van der Waals surface area contributed by atoms with Gasteiger partial charge in [-0.15, -0.1) is 0 Å². The molecule has 0 bridgehead atoms. The van der Waals surface area contributed by atoms with Gasteiger partial charge in [-0.2, -0.15) is 0 Å². The first kappa shape index (κ1) is 22.2. The van der Waals surface area contributed by atoms with Crippen molar-refractivity contribution in [2.45, 2.75) is 40.0 Å². The fourth-order valence-electron chi connectivity index (χ4n) is 3.65. The third kappa shape index (κ3) is 3.80. The predicted octanol–water partition coefficient (Wildman–Crippen LogP) is 6.39. The molecule has 7 heteroatoms. The van der Waals surface area contributed by atoms with Gasteiger partial charge in [-0.1, -0.05) is 37.0 Å². The van der Waals surface area contributed by atoms with Gasteiger partial charge in [0.1, 0.15) is 5.75 Å². The minimum atomic E-state index is -0.472. The van der Waals surface area contributed by atoms with Crippen molar-refractivity contribution >= 4 is 46.0 Å². The smallest absolute Gasteiger partial charge is 0.308 e. The molecule has 0 radical (unpaired) electrons. The number of rotatable bonds is 5. The van der Waals surface area contributed by atoms with Gasteiger partial charge in [0, 0.05) is 23.1 Å². The Morgan fingerprint density at radius 3 is 2.30 bits per heavy atom. The Hall–Kier alpha value is -2.50. The number of aromatic nitrogens is 1. The van der Waals surface area contributed by atoms with Crippen LogP contribution in [0.25, 0.3) is 10.9 Å². The monoisotopic (exact) mass is 447 g/mol. The van der Waals surface area contributed by atoms with Crippen molar-refractivity contribution in [1.82, 2.24) is 4.57 Å². The molecule has 3 rings (SSSR count). The van der Waals surface area contributed by atoms with Crippen LogP contribution in [0, 0.1) is 6.92 Å². The molecule has 5 nitrogen and oxygen atoms in total. The molecule has 0 saturated carbocycles. The van der Waals surface area contributed by atoms with Crippen molar-refractivity contribution in [3.63, 3.8) is 0 Å². The van der Waals surface area contributed by atoms with Crippen LogP contribution in [0.5, 0.6) is 11.5 Å². The molecular weight excluding hydrogens is 425 g/mol. The van der Waals surface area contributed by atoms with Crippen LogP contribution in [0.4, 0.5) is 0 Å². The highest BCUT2D eigenvalue weighted by Gasteiger charge is 2.29. The standard InChI is InChI=1S/C23H23Cl2NO4/c1-6-12(2)19-20-18(11-17(25)22(19)29-5)26(13(3)21(20)30-14(4)27)23(28)15-7-9-16(24)10-8-15/h7-12H,6H2,1-5H3/t12-/m1/s1. The summed E-state index contributed by atoms with van der Waals surface area (Å²) in [6.45, 7) is 7.16. The van der Waals surface area contributed by atoms with Crippen LogP contribution in [0.2, 0.25) is 10.0 Å². The summed E-state index contributed by atoms with van der Waals surface area (Å²) < 4.78 is 12.7. The summed E-state index contributed by atoms with van der Waals surface area (Å²) in [5.74, 6) is 0.161. The number of nitrogens with zero attached hydrogens (tertiary/aromatic N) is 1. The highest BCUT2D eigenvalue weighted by Crippen LogP contribution is 2.47. The van der Waals surface area contributed by atoms with Gasteiger partial charge in [-0.3, -0.25) is 14.2 Å². The first-order valence-electron chi connectivity index (χ1n) is 9.61. The maximum Gasteiger partial charge on any atom is 0.308 e. The van der Waals surface area contributed by atoms with Crippen LogP contribution in [-0.4, -0.2) is 23.6 Å². The molecule has 2 aromatic carbocycles. The van der Waals surface area contributed by atoms with Gasteiger partial charge in [0.25, 0.3) is 5.91 Å². The SMILES string of the molecule is CC[C@@H](C)c1c(OC)c(Cl)cc2c1c(OC(C)=O)c(C)n2C(=O)c1ccc(Cl)cc1. The zero-order valence-corrected chi connectivity index (χ0v) is 19.0. The second-order valence-electron chi connectivity index (χ2n) is 7.16. The molecule has 0 saturated heterocycles. The molecule has 1 aromatic heterocycles. The van der Waals surface area contributed by atoms with Gasteiger partial charge in [-0.25, -0.2) is 0 Å². The van der Waals surface area contributed by atoms with E-state index in [0.717, 1.165) is 12.0 Å². The fraction of sp³-hybridized carbons (Fsp3) is 0.304. The minimum absolute atomic E-state index is 0.0522. The van der Waals surface area contributed by atoms with Crippen molar-refractivity contribution in [2.24, 2.45) is 0 Å². The molecule has 0 fully saturated rings. The molecule has 0 aliphatic heterocycles. The molecule has 30 heavy (non-hydrogen) atoms. The number of benzene rings is 2. The van der Waals surface area contributed by atoms with Crippen molar-refractivity contribution in [3.05, 3.63) is 57.2 Å². The lowest BCUT2D eigenvalue weighted by Gasteiger charge is -2.18. The first-order valence-corrected chi connectivity index (χ1v) is 10.4.